The van der Waals surface area contributed by atoms with Gasteiger partial charge in [0.15, 0.2) is 0 Å². The van der Waals surface area contributed by atoms with Crippen LogP contribution in [-0.4, -0.2) is 49.6 Å². The maximum atomic E-state index is 10.7. The molecule has 0 aliphatic heterocycles. The molecule has 0 spiro atoms. The summed E-state index contributed by atoms with van der Waals surface area (Å²) in [7, 11) is 4.61. The number of carbonyl (C=O) groups excluding carboxylic acids is 1. The van der Waals surface area contributed by atoms with Crippen molar-refractivity contribution in [2.45, 2.75) is 64.6 Å². The molecule has 0 fully saturated rings. The standard InChI is InChI=1S/C8H16O3.C7H14O3/c1-8(2,11-4)6-5-7(9)10-3;1-7(2,10-3)5-4-6(8)9/h5-6H2,1-4H3;4-5H2,1-3H3,(H,8,9). The normalized spacial score (nSPS) is 11.4. The highest BCUT2D eigenvalue weighted by atomic mass is 16.5. The van der Waals surface area contributed by atoms with E-state index in [1.54, 1.807) is 14.2 Å². The predicted octanol–water partition coefficient (Wildman–Crippen LogP) is 2.64. The second kappa shape index (κ2) is 10.6. The minimum Gasteiger partial charge on any atom is -0.481 e. The third-order valence-electron chi connectivity index (χ3n) is 3.20. The SMILES string of the molecule is COC(=O)CCC(C)(C)OC.COC(C)(C)CCC(=O)O. The lowest BCUT2D eigenvalue weighted by atomic mass is 10.0. The molecule has 0 aromatic heterocycles. The molecule has 0 rings (SSSR count). The molecule has 0 saturated carbocycles. The Hall–Kier alpha value is -1.14. The number of hydrogen-bond acceptors (Lipinski definition) is 5. The van der Waals surface area contributed by atoms with Gasteiger partial charge in [-0.1, -0.05) is 0 Å². The molecule has 0 aliphatic rings. The molecule has 0 atom stereocenters. The summed E-state index contributed by atoms with van der Waals surface area (Å²) in [6.45, 7) is 7.62. The van der Waals surface area contributed by atoms with Gasteiger partial charge in [-0.05, 0) is 40.5 Å². The summed E-state index contributed by atoms with van der Waals surface area (Å²) in [6.07, 6.45) is 1.83. The van der Waals surface area contributed by atoms with Crippen molar-refractivity contribution in [3.05, 3.63) is 0 Å². The summed E-state index contributed by atoms with van der Waals surface area (Å²) < 4.78 is 14.6. The van der Waals surface area contributed by atoms with E-state index in [0.29, 0.717) is 19.3 Å². The van der Waals surface area contributed by atoms with Crippen LogP contribution in [0.5, 0.6) is 0 Å². The van der Waals surface area contributed by atoms with Crippen molar-refractivity contribution in [1.82, 2.24) is 0 Å². The van der Waals surface area contributed by atoms with Crippen LogP contribution in [0.15, 0.2) is 0 Å². The minimum atomic E-state index is -0.773. The molecule has 0 saturated heterocycles. The molecule has 0 aromatic rings. The number of aliphatic carboxylic acids is 1. The fourth-order valence-electron chi connectivity index (χ4n) is 1.12. The summed E-state index contributed by atoms with van der Waals surface area (Å²) in [5, 5.41) is 8.32. The molecular weight excluding hydrogens is 276 g/mol. The number of rotatable bonds is 8. The average molecular weight is 306 g/mol. The van der Waals surface area contributed by atoms with Crippen LogP contribution in [0.4, 0.5) is 0 Å². The molecule has 6 heteroatoms. The Bertz CT molecular complexity index is 309. The van der Waals surface area contributed by atoms with Gasteiger partial charge < -0.3 is 19.3 Å². The second-order valence-corrected chi connectivity index (χ2v) is 5.90. The minimum absolute atomic E-state index is 0.167. The van der Waals surface area contributed by atoms with Crippen LogP contribution in [0.25, 0.3) is 0 Å². The Morgan fingerprint density at radius 3 is 1.52 bits per heavy atom. The van der Waals surface area contributed by atoms with Crippen molar-refractivity contribution in [3.63, 3.8) is 0 Å². The topological polar surface area (TPSA) is 82.1 Å². The van der Waals surface area contributed by atoms with Crippen LogP contribution in [0.1, 0.15) is 53.4 Å². The monoisotopic (exact) mass is 306 g/mol. The summed E-state index contributed by atoms with van der Waals surface area (Å²) in [5.74, 6) is -0.958. The Balaban J connectivity index is 0. The summed E-state index contributed by atoms with van der Waals surface area (Å²) in [4.78, 5) is 20.8. The highest BCUT2D eigenvalue weighted by molar-refractivity contribution is 5.69. The Labute approximate surface area is 127 Å². The first-order valence-corrected chi connectivity index (χ1v) is 6.88. The predicted molar refractivity (Wildman–Crippen MR) is 80.3 cm³/mol. The third kappa shape index (κ3) is 15.1. The zero-order valence-electron chi connectivity index (χ0n) is 14.3. The largest absolute Gasteiger partial charge is 0.481 e. The van der Waals surface area contributed by atoms with Gasteiger partial charge in [0.1, 0.15) is 0 Å². The van der Waals surface area contributed by atoms with E-state index in [0.717, 1.165) is 0 Å². The summed E-state index contributed by atoms with van der Waals surface area (Å²) >= 11 is 0. The molecule has 0 bridgehead atoms. The first-order chi connectivity index (χ1) is 9.49. The van der Waals surface area contributed by atoms with Gasteiger partial charge in [-0.25, -0.2) is 0 Å². The fraction of sp³-hybridized carbons (Fsp3) is 0.867. The maximum absolute atomic E-state index is 10.7. The molecule has 0 aliphatic carbocycles. The first-order valence-electron chi connectivity index (χ1n) is 6.88. The number of carbonyl (C=O) groups is 2. The van der Waals surface area contributed by atoms with Crippen LogP contribution in [0.2, 0.25) is 0 Å². The molecule has 0 unspecified atom stereocenters. The van der Waals surface area contributed by atoms with Crippen LogP contribution in [0.3, 0.4) is 0 Å². The lowest BCUT2D eigenvalue weighted by Gasteiger charge is -2.21. The van der Waals surface area contributed by atoms with Crippen LogP contribution >= 0.6 is 0 Å². The van der Waals surface area contributed by atoms with Gasteiger partial charge >= 0.3 is 11.9 Å². The number of esters is 1. The van der Waals surface area contributed by atoms with Crippen LogP contribution in [-0.2, 0) is 23.8 Å². The number of hydrogen-bond donors (Lipinski definition) is 1. The van der Waals surface area contributed by atoms with E-state index >= 15 is 0 Å². The zero-order valence-corrected chi connectivity index (χ0v) is 14.3. The van der Waals surface area contributed by atoms with E-state index in [9.17, 15) is 9.59 Å². The van der Waals surface area contributed by atoms with Crippen molar-refractivity contribution in [2.24, 2.45) is 0 Å². The molecule has 0 amide bonds. The molecule has 0 radical (unpaired) electrons. The Kier molecular flexibility index (Phi) is 11.1. The van der Waals surface area contributed by atoms with Gasteiger partial charge in [-0.15, -0.1) is 0 Å². The lowest BCUT2D eigenvalue weighted by molar-refractivity contribution is -0.142. The van der Waals surface area contributed by atoms with E-state index in [1.165, 1.54) is 7.11 Å². The summed E-state index contributed by atoms with van der Waals surface area (Å²) in [5.41, 5.74) is -0.535. The van der Waals surface area contributed by atoms with Gasteiger partial charge in [0.05, 0.1) is 18.3 Å². The smallest absolute Gasteiger partial charge is 0.305 e. The molecule has 0 heterocycles. The second-order valence-electron chi connectivity index (χ2n) is 5.90. The molecule has 21 heavy (non-hydrogen) atoms. The van der Waals surface area contributed by atoms with Crippen molar-refractivity contribution in [3.8, 4) is 0 Å². The quantitative estimate of drug-likeness (QED) is 0.694. The maximum Gasteiger partial charge on any atom is 0.305 e. The lowest BCUT2D eigenvalue weighted by Crippen LogP contribution is -2.23. The number of methoxy groups -OCH3 is 3. The number of ether oxygens (including phenoxy) is 3. The third-order valence-corrected chi connectivity index (χ3v) is 3.20. The highest BCUT2D eigenvalue weighted by Crippen LogP contribution is 2.15. The number of carboxylic acid groups (broad SMARTS) is 1. The van der Waals surface area contributed by atoms with E-state index in [1.807, 2.05) is 27.7 Å². The van der Waals surface area contributed by atoms with E-state index < -0.39 is 5.97 Å². The fourth-order valence-corrected chi connectivity index (χ4v) is 1.12. The van der Waals surface area contributed by atoms with Gasteiger partial charge in [0.25, 0.3) is 0 Å². The molecule has 126 valence electrons. The van der Waals surface area contributed by atoms with Crippen molar-refractivity contribution in [2.75, 3.05) is 21.3 Å². The van der Waals surface area contributed by atoms with Crippen LogP contribution in [0, 0.1) is 0 Å². The first kappa shape index (κ1) is 22.1. The van der Waals surface area contributed by atoms with Gasteiger partial charge in [-0.3, -0.25) is 9.59 Å². The zero-order chi connectivity index (χ0) is 17.1. The van der Waals surface area contributed by atoms with E-state index in [-0.39, 0.29) is 23.6 Å². The molecule has 1 N–H and O–H groups in total. The van der Waals surface area contributed by atoms with Crippen molar-refractivity contribution < 1.29 is 28.9 Å². The van der Waals surface area contributed by atoms with Crippen molar-refractivity contribution >= 4 is 11.9 Å². The molecular formula is C15H30O6. The summed E-state index contributed by atoms with van der Waals surface area (Å²) in [6, 6.07) is 0. The van der Waals surface area contributed by atoms with Crippen molar-refractivity contribution in [1.29, 1.82) is 0 Å². The highest BCUT2D eigenvalue weighted by Gasteiger charge is 2.18. The molecule has 6 nitrogen and oxygen atoms in total. The Morgan fingerprint density at radius 2 is 1.24 bits per heavy atom. The van der Waals surface area contributed by atoms with E-state index in [4.69, 9.17) is 14.6 Å². The van der Waals surface area contributed by atoms with Gasteiger partial charge in [0.2, 0.25) is 0 Å². The number of carboxylic acids is 1. The van der Waals surface area contributed by atoms with E-state index in [2.05, 4.69) is 4.74 Å². The Morgan fingerprint density at radius 1 is 0.857 bits per heavy atom. The average Bonchev–Trinajstić information content (AvgIpc) is 2.43. The molecule has 0 aromatic carbocycles. The van der Waals surface area contributed by atoms with Gasteiger partial charge in [-0.2, -0.15) is 0 Å². The van der Waals surface area contributed by atoms with Gasteiger partial charge in [0, 0.05) is 27.1 Å². The van der Waals surface area contributed by atoms with Crippen LogP contribution < -0.4 is 0 Å².